The van der Waals surface area contributed by atoms with Crippen LogP contribution >= 0.6 is 0 Å². The van der Waals surface area contributed by atoms with E-state index in [4.69, 9.17) is 14.2 Å². The van der Waals surface area contributed by atoms with Gasteiger partial charge < -0.3 is 24.8 Å². The van der Waals surface area contributed by atoms with Crippen LogP contribution in [0.3, 0.4) is 0 Å². The molecule has 1 aliphatic rings. The molecule has 0 saturated carbocycles. The number of rotatable bonds is 8. The number of nitrogens with zero attached hydrogens (tertiary/aromatic N) is 1. The Labute approximate surface area is 213 Å². The number of benzene rings is 3. The maximum atomic E-state index is 12.9. The molecule has 0 saturated heterocycles. The fourth-order valence-electron chi connectivity index (χ4n) is 4.89. The summed E-state index contributed by atoms with van der Waals surface area (Å²) in [4.78, 5) is 15.3. The quantitative estimate of drug-likeness (QED) is 0.448. The predicted molar refractivity (Wildman–Crippen MR) is 142 cm³/mol. The van der Waals surface area contributed by atoms with Crippen LogP contribution in [0.5, 0.6) is 17.2 Å². The molecule has 1 heterocycles. The van der Waals surface area contributed by atoms with E-state index in [1.807, 2.05) is 56.3 Å². The maximum Gasteiger partial charge on any atom is 0.319 e. The molecule has 0 aromatic heterocycles. The van der Waals surface area contributed by atoms with E-state index in [9.17, 15) is 4.79 Å². The fourth-order valence-corrected chi connectivity index (χ4v) is 4.89. The van der Waals surface area contributed by atoms with Crippen LogP contribution in [0, 0.1) is 6.92 Å². The molecular weight excluding hydrogens is 454 g/mol. The molecule has 0 fully saturated rings. The molecule has 7 heteroatoms. The lowest BCUT2D eigenvalue weighted by atomic mass is 9.87. The van der Waals surface area contributed by atoms with Crippen LogP contribution in [0.15, 0.2) is 60.7 Å². The van der Waals surface area contributed by atoms with E-state index in [-0.39, 0.29) is 18.1 Å². The van der Waals surface area contributed by atoms with Crippen LogP contribution in [0.1, 0.15) is 35.2 Å². The largest absolute Gasteiger partial charge is 0.497 e. The summed E-state index contributed by atoms with van der Waals surface area (Å²) in [6.45, 7) is 5.63. The number of carbonyl (C=O) groups is 1. The molecule has 0 radical (unpaired) electrons. The number of hydrogen-bond donors (Lipinski definition) is 2. The van der Waals surface area contributed by atoms with Crippen LogP contribution in [0.2, 0.25) is 0 Å². The van der Waals surface area contributed by atoms with Gasteiger partial charge in [-0.1, -0.05) is 29.8 Å². The summed E-state index contributed by atoms with van der Waals surface area (Å²) in [5.41, 5.74) is 5.39. The molecule has 2 unspecified atom stereocenters. The number of ether oxygens (including phenoxy) is 3. The summed E-state index contributed by atoms with van der Waals surface area (Å²) in [6, 6.07) is 19.5. The number of fused-ring (bicyclic) bond motifs is 1. The molecule has 3 aromatic rings. The van der Waals surface area contributed by atoms with Crippen molar-refractivity contribution in [1.82, 2.24) is 10.2 Å². The van der Waals surface area contributed by atoms with Crippen LogP contribution in [-0.4, -0.2) is 44.8 Å². The Hall–Kier alpha value is -3.71. The van der Waals surface area contributed by atoms with Crippen molar-refractivity contribution in [3.63, 3.8) is 0 Å². The van der Waals surface area contributed by atoms with Crippen molar-refractivity contribution in [1.29, 1.82) is 0 Å². The molecule has 7 nitrogen and oxygen atoms in total. The van der Waals surface area contributed by atoms with Gasteiger partial charge in [0.2, 0.25) is 0 Å². The molecule has 2 N–H and O–H groups in total. The first-order chi connectivity index (χ1) is 17.4. The number of carbonyl (C=O) groups excluding carboxylic acids is 1. The Bertz CT molecular complexity index is 1200. The van der Waals surface area contributed by atoms with E-state index in [1.165, 1.54) is 5.56 Å². The van der Waals surface area contributed by atoms with Crippen molar-refractivity contribution in [3.8, 4) is 17.2 Å². The number of urea groups is 1. The standard InChI is InChI=1S/C29H35N3O4/c1-19-9-11-23(12-10-19)31-29(33)30-20(2)28-25-17-27(36-5)26(35-4)16-22(25)13-14-32(28)18-21-7-6-8-24(15-21)34-3/h6-12,15-17,20,28H,13-14,18H2,1-5H3,(H2,30,31,33). The highest BCUT2D eigenvalue weighted by Crippen LogP contribution is 2.40. The van der Waals surface area contributed by atoms with Gasteiger partial charge in [0.1, 0.15) is 5.75 Å². The average molecular weight is 490 g/mol. The minimum absolute atomic E-state index is 0.0662. The lowest BCUT2D eigenvalue weighted by molar-refractivity contribution is 0.144. The Morgan fingerprint density at radius 1 is 1.00 bits per heavy atom. The number of nitrogens with one attached hydrogen (secondary N) is 2. The summed E-state index contributed by atoms with van der Waals surface area (Å²) in [5, 5.41) is 6.12. The third-order valence-electron chi connectivity index (χ3n) is 6.69. The molecule has 2 atom stereocenters. The lowest BCUT2D eigenvalue weighted by Crippen LogP contribution is -2.48. The van der Waals surface area contributed by atoms with E-state index in [0.29, 0.717) is 11.5 Å². The molecule has 0 aliphatic carbocycles. The van der Waals surface area contributed by atoms with E-state index in [1.54, 1.807) is 21.3 Å². The van der Waals surface area contributed by atoms with E-state index in [2.05, 4.69) is 33.7 Å². The van der Waals surface area contributed by atoms with Gasteiger partial charge in [0.05, 0.1) is 27.4 Å². The minimum Gasteiger partial charge on any atom is -0.497 e. The molecule has 0 spiro atoms. The summed E-state index contributed by atoms with van der Waals surface area (Å²) in [5.74, 6) is 2.23. The molecular formula is C29H35N3O4. The van der Waals surface area contributed by atoms with Gasteiger partial charge in [-0.3, -0.25) is 4.90 Å². The number of amides is 2. The van der Waals surface area contributed by atoms with E-state index >= 15 is 0 Å². The topological polar surface area (TPSA) is 72.1 Å². The molecule has 2 amide bonds. The minimum atomic E-state index is -0.236. The van der Waals surface area contributed by atoms with Gasteiger partial charge >= 0.3 is 6.03 Å². The van der Waals surface area contributed by atoms with Crippen molar-refractivity contribution in [3.05, 3.63) is 82.9 Å². The zero-order chi connectivity index (χ0) is 25.7. The third kappa shape index (κ3) is 5.74. The van der Waals surface area contributed by atoms with Crippen molar-refractivity contribution in [2.75, 3.05) is 33.2 Å². The first-order valence-electron chi connectivity index (χ1n) is 12.2. The monoisotopic (exact) mass is 489 g/mol. The van der Waals surface area contributed by atoms with Crippen LogP contribution < -0.4 is 24.8 Å². The maximum absolute atomic E-state index is 12.9. The zero-order valence-corrected chi connectivity index (χ0v) is 21.6. The van der Waals surface area contributed by atoms with Crippen LogP contribution in [0.4, 0.5) is 10.5 Å². The number of methoxy groups -OCH3 is 3. The first-order valence-corrected chi connectivity index (χ1v) is 12.2. The highest BCUT2D eigenvalue weighted by atomic mass is 16.5. The first kappa shape index (κ1) is 25.4. The fraction of sp³-hybridized carbons (Fsp3) is 0.345. The van der Waals surface area contributed by atoms with E-state index < -0.39 is 0 Å². The number of aryl methyl sites for hydroxylation is 1. The highest BCUT2D eigenvalue weighted by molar-refractivity contribution is 5.89. The Kier molecular flexibility index (Phi) is 8.00. The predicted octanol–water partition coefficient (Wildman–Crippen LogP) is 5.33. The molecule has 3 aromatic carbocycles. The third-order valence-corrected chi connectivity index (χ3v) is 6.69. The molecule has 36 heavy (non-hydrogen) atoms. The highest BCUT2D eigenvalue weighted by Gasteiger charge is 2.34. The molecule has 190 valence electrons. The van der Waals surface area contributed by atoms with Crippen molar-refractivity contribution in [2.45, 2.75) is 38.9 Å². The van der Waals surface area contributed by atoms with Crippen molar-refractivity contribution < 1.29 is 19.0 Å². The second-order valence-electron chi connectivity index (χ2n) is 9.18. The lowest BCUT2D eigenvalue weighted by Gasteiger charge is -2.41. The van der Waals surface area contributed by atoms with Gasteiger partial charge in [-0.05, 0) is 73.4 Å². The second-order valence-corrected chi connectivity index (χ2v) is 9.18. The van der Waals surface area contributed by atoms with Gasteiger partial charge in [0.25, 0.3) is 0 Å². The number of hydrogen-bond acceptors (Lipinski definition) is 5. The Morgan fingerprint density at radius 3 is 2.42 bits per heavy atom. The molecule has 1 aliphatic heterocycles. The Morgan fingerprint density at radius 2 is 1.72 bits per heavy atom. The normalized spacial score (nSPS) is 16.0. The molecule has 0 bridgehead atoms. The van der Waals surface area contributed by atoms with Crippen molar-refractivity contribution >= 4 is 11.7 Å². The smallest absolute Gasteiger partial charge is 0.319 e. The number of anilines is 1. The summed E-state index contributed by atoms with van der Waals surface area (Å²) in [6.07, 6.45) is 0.873. The van der Waals surface area contributed by atoms with Gasteiger partial charge in [0.15, 0.2) is 11.5 Å². The second kappa shape index (κ2) is 11.4. The Balaban J connectivity index is 1.62. The summed E-state index contributed by atoms with van der Waals surface area (Å²) < 4.78 is 16.6. The van der Waals surface area contributed by atoms with Crippen LogP contribution in [-0.2, 0) is 13.0 Å². The summed E-state index contributed by atoms with van der Waals surface area (Å²) >= 11 is 0. The van der Waals surface area contributed by atoms with Crippen molar-refractivity contribution in [2.24, 2.45) is 0 Å². The average Bonchev–Trinajstić information content (AvgIpc) is 2.89. The summed E-state index contributed by atoms with van der Waals surface area (Å²) in [7, 11) is 4.98. The SMILES string of the molecule is COc1cccc(CN2CCc3cc(OC)c(OC)cc3C2C(C)NC(=O)Nc2ccc(C)cc2)c1. The molecule has 4 rings (SSSR count). The van der Waals surface area contributed by atoms with Crippen LogP contribution in [0.25, 0.3) is 0 Å². The van der Waals surface area contributed by atoms with Gasteiger partial charge in [-0.15, -0.1) is 0 Å². The van der Waals surface area contributed by atoms with Gasteiger partial charge in [0, 0.05) is 24.8 Å². The van der Waals surface area contributed by atoms with Gasteiger partial charge in [-0.2, -0.15) is 0 Å². The van der Waals surface area contributed by atoms with E-state index in [0.717, 1.165) is 47.6 Å². The zero-order valence-electron chi connectivity index (χ0n) is 21.6. The van der Waals surface area contributed by atoms with Gasteiger partial charge in [-0.25, -0.2) is 4.79 Å².